The van der Waals surface area contributed by atoms with Crippen molar-refractivity contribution in [2.24, 2.45) is 0 Å². The third kappa shape index (κ3) is 5.41. The van der Waals surface area contributed by atoms with E-state index in [-0.39, 0.29) is 12.5 Å². The van der Waals surface area contributed by atoms with Gasteiger partial charge >= 0.3 is 5.97 Å². The van der Waals surface area contributed by atoms with Gasteiger partial charge in [-0.1, -0.05) is 60.7 Å². The van der Waals surface area contributed by atoms with Crippen molar-refractivity contribution in [1.29, 1.82) is 0 Å². The zero-order valence-corrected chi connectivity index (χ0v) is 18.7. The van der Waals surface area contributed by atoms with Crippen LogP contribution in [0.3, 0.4) is 0 Å². The SMILES string of the molecule is CCOC(=O)c1cc(NC(=O)C(c2ccccc2)c2ccccc2)ccc1N1CCOCC1. The van der Waals surface area contributed by atoms with Crippen LogP contribution >= 0.6 is 0 Å². The molecule has 33 heavy (non-hydrogen) atoms. The number of hydrogen-bond donors (Lipinski definition) is 1. The molecule has 3 aromatic carbocycles. The standard InChI is InChI=1S/C27H28N2O4/c1-2-33-27(31)23-19-22(13-14-24(23)29-15-17-32-18-16-29)28-26(30)25(20-9-5-3-6-10-20)21-11-7-4-8-12-21/h3-14,19,25H,2,15-18H2,1H3,(H,28,30). The van der Waals surface area contributed by atoms with Crippen LogP contribution < -0.4 is 10.2 Å². The topological polar surface area (TPSA) is 67.9 Å². The van der Waals surface area contributed by atoms with Gasteiger partial charge in [0.25, 0.3) is 0 Å². The molecule has 1 N–H and O–H groups in total. The molecule has 0 aromatic heterocycles. The van der Waals surface area contributed by atoms with Gasteiger partial charge in [-0.15, -0.1) is 0 Å². The average Bonchev–Trinajstić information content (AvgIpc) is 2.86. The monoisotopic (exact) mass is 444 g/mol. The van der Waals surface area contributed by atoms with Crippen LogP contribution in [0.15, 0.2) is 78.9 Å². The van der Waals surface area contributed by atoms with E-state index >= 15 is 0 Å². The van der Waals surface area contributed by atoms with E-state index in [2.05, 4.69) is 10.2 Å². The molecule has 0 aliphatic carbocycles. The van der Waals surface area contributed by atoms with Gasteiger partial charge < -0.3 is 19.7 Å². The van der Waals surface area contributed by atoms with Crippen LogP contribution in [0.5, 0.6) is 0 Å². The predicted molar refractivity (Wildman–Crippen MR) is 129 cm³/mol. The second-order valence-electron chi connectivity index (χ2n) is 7.80. The van der Waals surface area contributed by atoms with Crippen molar-refractivity contribution < 1.29 is 19.1 Å². The third-order valence-corrected chi connectivity index (χ3v) is 5.64. The zero-order valence-electron chi connectivity index (χ0n) is 18.7. The molecule has 4 rings (SSSR count). The first-order valence-electron chi connectivity index (χ1n) is 11.2. The number of morpholine rings is 1. The molecule has 0 atom stereocenters. The fraction of sp³-hybridized carbons (Fsp3) is 0.259. The summed E-state index contributed by atoms with van der Waals surface area (Å²) in [4.78, 5) is 28.3. The number of benzene rings is 3. The van der Waals surface area contributed by atoms with Gasteiger partial charge in [-0.2, -0.15) is 0 Å². The summed E-state index contributed by atoms with van der Waals surface area (Å²) in [6.07, 6.45) is 0. The van der Waals surface area contributed by atoms with Gasteiger partial charge in [0.2, 0.25) is 5.91 Å². The molecule has 0 saturated carbocycles. The summed E-state index contributed by atoms with van der Waals surface area (Å²) in [5.41, 5.74) is 3.58. The summed E-state index contributed by atoms with van der Waals surface area (Å²) < 4.78 is 10.7. The van der Waals surface area contributed by atoms with Gasteiger partial charge in [0.15, 0.2) is 0 Å². The van der Waals surface area contributed by atoms with E-state index in [0.717, 1.165) is 16.8 Å². The maximum absolute atomic E-state index is 13.5. The van der Waals surface area contributed by atoms with Crippen LogP contribution in [0.1, 0.15) is 34.3 Å². The van der Waals surface area contributed by atoms with Crippen LogP contribution in [-0.4, -0.2) is 44.8 Å². The number of rotatable bonds is 7. The lowest BCUT2D eigenvalue weighted by Gasteiger charge is -2.30. The smallest absolute Gasteiger partial charge is 0.340 e. The first-order chi connectivity index (χ1) is 16.2. The summed E-state index contributed by atoms with van der Waals surface area (Å²) in [6, 6.07) is 24.8. The largest absolute Gasteiger partial charge is 0.462 e. The van der Waals surface area contributed by atoms with Crippen LogP contribution in [0.25, 0.3) is 0 Å². The summed E-state index contributed by atoms with van der Waals surface area (Å²) in [5.74, 6) is -1.04. The minimum atomic E-state index is -0.475. The molecule has 1 aliphatic rings. The molecule has 3 aromatic rings. The van der Waals surface area contributed by atoms with Crippen molar-refractivity contribution in [2.45, 2.75) is 12.8 Å². The number of nitrogens with one attached hydrogen (secondary N) is 1. The Morgan fingerprint density at radius 3 is 2.12 bits per heavy atom. The van der Waals surface area contributed by atoms with Crippen LogP contribution in [0.4, 0.5) is 11.4 Å². The molecule has 0 radical (unpaired) electrons. The van der Waals surface area contributed by atoms with E-state index in [1.165, 1.54) is 0 Å². The number of esters is 1. The third-order valence-electron chi connectivity index (χ3n) is 5.64. The quantitative estimate of drug-likeness (QED) is 0.545. The Morgan fingerprint density at radius 1 is 0.939 bits per heavy atom. The summed E-state index contributed by atoms with van der Waals surface area (Å²) in [6.45, 7) is 4.67. The van der Waals surface area contributed by atoms with Crippen molar-refractivity contribution in [3.8, 4) is 0 Å². The highest BCUT2D eigenvalue weighted by Gasteiger charge is 2.24. The van der Waals surface area contributed by atoms with E-state index in [1.807, 2.05) is 72.8 Å². The molecule has 6 heteroatoms. The minimum Gasteiger partial charge on any atom is -0.462 e. The minimum absolute atomic E-state index is 0.165. The number of ether oxygens (including phenoxy) is 2. The lowest BCUT2D eigenvalue weighted by atomic mass is 9.90. The Balaban J connectivity index is 1.64. The van der Waals surface area contributed by atoms with Crippen molar-refractivity contribution >= 4 is 23.3 Å². The number of anilines is 2. The van der Waals surface area contributed by atoms with Gasteiger partial charge in [0.05, 0.1) is 37.0 Å². The van der Waals surface area contributed by atoms with Crippen molar-refractivity contribution in [3.63, 3.8) is 0 Å². The van der Waals surface area contributed by atoms with E-state index in [0.29, 0.717) is 37.6 Å². The molecule has 1 saturated heterocycles. The molecule has 6 nitrogen and oxygen atoms in total. The van der Waals surface area contributed by atoms with Gasteiger partial charge in [0, 0.05) is 18.8 Å². The summed E-state index contributed by atoms with van der Waals surface area (Å²) in [7, 11) is 0. The fourth-order valence-electron chi connectivity index (χ4n) is 4.07. The zero-order chi connectivity index (χ0) is 23.0. The summed E-state index contributed by atoms with van der Waals surface area (Å²) in [5, 5.41) is 3.02. The first-order valence-corrected chi connectivity index (χ1v) is 11.2. The van der Waals surface area contributed by atoms with E-state index in [4.69, 9.17) is 9.47 Å². The van der Waals surface area contributed by atoms with E-state index < -0.39 is 11.9 Å². The van der Waals surface area contributed by atoms with E-state index in [9.17, 15) is 9.59 Å². The lowest BCUT2D eigenvalue weighted by molar-refractivity contribution is -0.116. The Hall–Kier alpha value is -3.64. The van der Waals surface area contributed by atoms with Gasteiger partial charge in [-0.3, -0.25) is 4.79 Å². The number of amides is 1. The van der Waals surface area contributed by atoms with E-state index in [1.54, 1.807) is 13.0 Å². The second kappa shape index (κ2) is 10.8. The molecular weight excluding hydrogens is 416 g/mol. The second-order valence-corrected chi connectivity index (χ2v) is 7.80. The number of nitrogens with zero attached hydrogens (tertiary/aromatic N) is 1. The number of carbonyl (C=O) groups excluding carboxylic acids is 2. The number of carbonyl (C=O) groups is 2. The molecule has 0 unspecified atom stereocenters. The normalized spacial score (nSPS) is 13.6. The Morgan fingerprint density at radius 2 is 1.55 bits per heavy atom. The molecule has 1 amide bonds. The van der Waals surface area contributed by atoms with Gasteiger partial charge in [-0.05, 0) is 36.2 Å². The number of hydrogen-bond acceptors (Lipinski definition) is 5. The highest BCUT2D eigenvalue weighted by molar-refractivity contribution is 6.01. The summed E-state index contributed by atoms with van der Waals surface area (Å²) >= 11 is 0. The van der Waals surface area contributed by atoms with Gasteiger partial charge in [-0.25, -0.2) is 4.79 Å². The molecule has 1 fully saturated rings. The average molecular weight is 445 g/mol. The first kappa shape index (κ1) is 22.6. The lowest BCUT2D eigenvalue weighted by Crippen LogP contribution is -2.37. The molecule has 1 aliphatic heterocycles. The van der Waals surface area contributed by atoms with Crippen molar-refractivity contribution in [1.82, 2.24) is 0 Å². The molecule has 170 valence electrons. The Kier molecular flexibility index (Phi) is 7.37. The van der Waals surface area contributed by atoms with Crippen molar-refractivity contribution in [2.75, 3.05) is 43.1 Å². The maximum Gasteiger partial charge on any atom is 0.340 e. The van der Waals surface area contributed by atoms with Crippen LogP contribution in [-0.2, 0) is 14.3 Å². The van der Waals surface area contributed by atoms with Crippen LogP contribution in [0, 0.1) is 0 Å². The van der Waals surface area contributed by atoms with Gasteiger partial charge in [0.1, 0.15) is 0 Å². The molecular formula is C27H28N2O4. The Labute approximate surface area is 194 Å². The molecule has 1 heterocycles. The van der Waals surface area contributed by atoms with Crippen molar-refractivity contribution in [3.05, 3.63) is 95.6 Å². The molecule has 0 bridgehead atoms. The highest BCUT2D eigenvalue weighted by atomic mass is 16.5. The molecule has 0 spiro atoms. The Bertz CT molecular complexity index is 1040. The van der Waals surface area contributed by atoms with Crippen LogP contribution in [0.2, 0.25) is 0 Å². The predicted octanol–water partition coefficient (Wildman–Crippen LogP) is 4.47. The highest BCUT2D eigenvalue weighted by Crippen LogP contribution is 2.29. The fourth-order valence-corrected chi connectivity index (χ4v) is 4.07. The maximum atomic E-state index is 13.5.